The average molecular weight is 360 g/mol. The summed E-state index contributed by atoms with van der Waals surface area (Å²) in [5, 5.41) is 12.1. The fourth-order valence-electron chi connectivity index (χ4n) is 3.46. The van der Waals surface area contributed by atoms with E-state index >= 15 is 0 Å². The van der Waals surface area contributed by atoms with Gasteiger partial charge >= 0.3 is 5.97 Å². The molecule has 4 rings (SSSR count). The van der Waals surface area contributed by atoms with Crippen molar-refractivity contribution in [1.82, 2.24) is 9.88 Å². The van der Waals surface area contributed by atoms with Crippen LogP contribution in [-0.2, 0) is 16.0 Å². The molecule has 0 aliphatic carbocycles. The van der Waals surface area contributed by atoms with Gasteiger partial charge in [-0.15, -0.1) is 11.3 Å². The summed E-state index contributed by atoms with van der Waals surface area (Å²) in [5.41, 5.74) is 2.11. The number of morpholine rings is 1. The van der Waals surface area contributed by atoms with Crippen LogP contribution < -0.4 is 0 Å². The maximum absolute atomic E-state index is 11.1. The van der Waals surface area contributed by atoms with E-state index in [2.05, 4.69) is 10.3 Å². The molecular formula is C18H20N2O4S. The van der Waals surface area contributed by atoms with Crippen molar-refractivity contribution >= 4 is 17.3 Å². The Morgan fingerprint density at radius 1 is 1.32 bits per heavy atom. The van der Waals surface area contributed by atoms with Crippen LogP contribution in [0.3, 0.4) is 0 Å². The van der Waals surface area contributed by atoms with Gasteiger partial charge in [0.2, 0.25) is 0 Å². The summed E-state index contributed by atoms with van der Waals surface area (Å²) >= 11 is 1.55. The van der Waals surface area contributed by atoms with E-state index in [0.29, 0.717) is 13.2 Å². The Morgan fingerprint density at radius 3 is 2.96 bits per heavy atom. The summed E-state index contributed by atoms with van der Waals surface area (Å²) in [6.45, 7) is 4.59. The normalized spacial score (nSPS) is 24.0. The predicted molar refractivity (Wildman–Crippen MR) is 93.9 cm³/mol. The number of carboxylic acid groups (broad SMARTS) is 1. The SMILES string of the molecule is O=C(O)c1cccc(-c2nc(CN3CCOCC34CCOC4)cs2)c1. The second-order valence-corrected chi connectivity index (χ2v) is 7.39. The second-order valence-electron chi connectivity index (χ2n) is 6.53. The third kappa shape index (κ3) is 3.32. The molecule has 2 aromatic rings. The number of aromatic carboxylic acids is 1. The first-order valence-electron chi connectivity index (χ1n) is 8.35. The number of nitrogens with zero attached hydrogens (tertiary/aromatic N) is 2. The summed E-state index contributed by atoms with van der Waals surface area (Å²) in [4.78, 5) is 18.3. The highest BCUT2D eigenvalue weighted by atomic mass is 32.1. The van der Waals surface area contributed by atoms with Crippen molar-refractivity contribution < 1.29 is 19.4 Å². The minimum absolute atomic E-state index is 0.0226. The van der Waals surface area contributed by atoms with Crippen molar-refractivity contribution in [3.8, 4) is 10.6 Å². The molecule has 7 heteroatoms. The number of thiazole rings is 1. The molecule has 3 heterocycles. The van der Waals surface area contributed by atoms with E-state index in [9.17, 15) is 4.79 Å². The third-order valence-electron chi connectivity index (χ3n) is 4.89. The molecule has 2 saturated heterocycles. The maximum Gasteiger partial charge on any atom is 0.335 e. The molecule has 132 valence electrons. The van der Waals surface area contributed by atoms with E-state index in [1.807, 2.05) is 6.07 Å². The highest BCUT2D eigenvalue weighted by Crippen LogP contribution is 2.32. The van der Waals surface area contributed by atoms with Gasteiger partial charge in [-0.2, -0.15) is 0 Å². The van der Waals surface area contributed by atoms with Gasteiger partial charge in [-0.25, -0.2) is 9.78 Å². The van der Waals surface area contributed by atoms with Crippen LogP contribution in [0, 0.1) is 0 Å². The lowest BCUT2D eigenvalue weighted by molar-refractivity contribution is -0.0753. The first kappa shape index (κ1) is 16.7. The van der Waals surface area contributed by atoms with Crippen molar-refractivity contribution in [3.63, 3.8) is 0 Å². The molecule has 6 nitrogen and oxygen atoms in total. The number of rotatable bonds is 4. The van der Waals surface area contributed by atoms with Gasteiger partial charge in [0.05, 0.1) is 36.6 Å². The Balaban J connectivity index is 1.53. The Labute approximate surface area is 150 Å². The number of ether oxygens (including phenoxy) is 2. The molecule has 1 atom stereocenters. The van der Waals surface area contributed by atoms with Crippen molar-refractivity contribution in [2.24, 2.45) is 0 Å². The zero-order valence-electron chi connectivity index (χ0n) is 13.8. The molecule has 2 fully saturated rings. The van der Waals surface area contributed by atoms with Crippen LogP contribution in [-0.4, -0.2) is 59.5 Å². The summed E-state index contributed by atoms with van der Waals surface area (Å²) in [6, 6.07) is 6.92. The van der Waals surface area contributed by atoms with Gasteiger partial charge in [0.25, 0.3) is 0 Å². The highest BCUT2D eigenvalue weighted by Gasteiger charge is 2.43. The van der Waals surface area contributed by atoms with Crippen molar-refractivity contribution in [1.29, 1.82) is 0 Å². The number of aromatic nitrogens is 1. The first-order valence-corrected chi connectivity index (χ1v) is 9.23. The van der Waals surface area contributed by atoms with Gasteiger partial charge in [-0.1, -0.05) is 12.1 Å². The highest BCUT2D eigenvalue weighted by molar-refractivity contribution is 7.13. The van der Waals surface area contributed by atoms with Gasteiger partial charge in [-0.05, 0) is 18.6 Å². The monoisotopic (exact) mass is 360 g/mol. The van der Waals surface area contributed by atoms with Gasteiger partial charge in [-0.3, -0.25) is 4.90 Å². The number of hydrogen-bond acceptors (Lipinski definition) is 6. The standard InChI is InChI=1S/C18H20N2O4S/c21-17(22)14-3-1-2-13(8-14)16-19-15(10-25-16)9-20-5-7-24-12-18(20)4-6-23-11-18/h1-3,8,10H,4-7,9,11-12H2,(H,21,22). The van der Waals surface area contributed by atoms with Crippen LogP contribution in [0.5, 0.6) is 0 Å². The fourth-order valence-corrected chi connectivity index (χ4v) is 4.27. The zero-order valence-corrected chi connectivity index (χ0v) is 14.6. The molecule has 1 N–H and O–H groups in total. The minimum atomic E-state index is -0.921. The van der Waals surface area contributed by atoms with E-state index in [0.717, 1.165) is 49.0 Å². The van der Waals surface area contributed by atoms with E-state index in [4.69, 9.17) is 19.6 Å². The molecule has 0 bridgehead atoms. The van der Waals surface area contributed by atoms with Gasteiger partial charge in [0.15, 0.2) is 0 Å². The lowest BCUT2D eigenvalue weighted by Gasteiger charge is -2.43. The Kier molecular flexibility index (Phi) is 4.56. The quantitative estimate of drug-likeness (QED) is 0.903. The van der Waals surface area contributed by atoms with E-state index in [1.54, 1.807) is 29.5 Å². The minimum Gasteiger partial charge on any atom is -0.478 e. The molecule has 1 unspecified atom stereocenters. The number of carboxylic acids is 1. The average Bonchev–Trinajstić information content (AvgIpc) is 3.27. The first-order chi connectivity index (χ1) is 12.2. The van der Waals surface area contributed by atoms with Crippen molar-refractivity contribution in [2.75, 3.05) is 33.0 Å². The molecular weight excluding hydrogens is 340 g/mol. The number of carbonyl (C=O) groups is 1. The molecule has 0 radical (unpaired) electrons. The van der Waals surface area contributed by atoms with Crippen LogP contribution >= 0.6 is 11.3 Å². The van der Waals surface area contributed by atoms with Crippen LogP contribution in [0.25, 0.3) is 10.6 Å². The van der Waals surface area contributed by atoms with E-state index < -0.39 is 5.97 Å². The van der Waals surface area contributed by atoms with Crippen LogP contribution in [0.1, 0.15) is 22.5 Å². The maximum atomic E-state index is 11.1. The lowest BCUT2D eigenvalue weighted by Crippen LogP contribution is -2.56. The largest absolute Gasteiger partial charge is 0.478 e. The topological polar surface area (TPSA) is 71.9 Å². The molecule has 1 spiro atoms. The summed E-state index contributed by atoms with van der Waals surface area (Å²) in [6.07, 6.45) is 0.991. The number of benzene rings is 1. The summed E-state index contributed by atoms with van der Waals surface area (Å²) < 4.78 is 11.3. The molecule has 2 aliphatic heterocycles. The molecule has 25 heavy (non-hydrogen) atoms. The molecule has 2 aliphatic rings. The van der Waals surface area contributed by atoms with Gasteiger partial charge in [0.1, 0.15) is 5.01 Å². The zero-order chi connectivity index (χ0) is 17.3. The molecule has 1 aromatic heterocycles. The molecule has 0 saturated carbocycles. The lowest BCUT2D eigenvalue weighted by atomic mass is 9.95. The fraction of sp³-hybridized carbons (Fsp3) is 0.444. The Morgan fingerprint density at radius 2 is 2.16 bits per heavy atom. The Hall–Kier alpha value is -1.80. The predicted octanol–water partition coefficient (Wildman–Crippen LogP) is 2.50. The Bertz CT molecular complexity index is 770. The van der Waals surface area contributed by atoms with Gasteiger partial charge in [0, 0.05) is 30.6 Å². The summed E-state index contributed by atoms with van der Waals surface area (Å²) in [7, 11) is 0. The van der Waals surface area contributed by atoms with Gasteiger partial charge < -0.3 is 14.6 Å². The van der Waals surface area contributed by atoms with Crippen LogP contribution in [0.15, 0.2) is 29.6 Å². The van der Waals surface area contributed by atoms with E-state index in [1.165, 1.54) is 0 Å². The molecule has 1 aromatic carbocycles. The summed E-state index contributed by atoms with van der Waals surface area (Å²) in [5.74, 6) is -0.921. The molecule has 0 amide bonds. The number of hydrogen-bond donors (Lipinski definition) is 1. The van der Waals surface area contributed by atoms with Crippen molar-refractivity contribution in [2.45, 2.75) is 18.5 Å². The third-order valence-corrected chi connectivity index (χ3v) is 5.83. The smallest absolute Gasteiger partial charge is 0.335 e. The van der Waals surface area contributed by atoms with Crippen molar-refractivity contribution in [3.05, 3.63) is 40.9 Å². The van der Waals surface area contributed by atoms with E-state index in [-0.39, 0.29) is 11.1 Å². The van der Waals surface area contributed by atoms with Crippen LogP contribution in [0.2, 0.25) is 0 Å². The van der Waals surface area contributed by atoms with Crippen LogP contribution in [0.4, 0.5) is 0 Å². The second kappa shape index (κ2) is 6.84.